The summed E-state index contributed by atoms with van der Waals surface area (Å²) in [6, 6.07) is 2.10. The summed E-state index contributed by atoms with van der Waals surface area (Å²) in [6.45, 7) is 1.94. The summed E-state index contributed by atoms with van der Waals surface area (Å²) in [5.41, 5.74) is -0.746. The summed E-state index contributed by atoms with van der Waals surface area (Å²) in [5, 5.41) is 0. The number of esters is 1. The molecule has 0 fully saturated rings. The third-order valence-corrected chi connectivity index (χ3v) is 4.54. The lowest BCUT2D eigenvalue weighted by Gasteiger charge is -2.19. The van der Waals surface area contributed by atoms with Crippen LogP contribution in [-0.2, 0) is 16.0 Å². The molecular formula is C21H17F5O2. The van der Waals surface area contributed by atoms with E-state index in [9.17, 15) is 26.7 Å². The molecule has 0 radical (unpaired) electrons. The molecule has 0 N–H and O–H groups in total. The predicted octanol–water partition coefficient (Wildman–Crippen LogP) is 6.07. The van der Waals surface area contributed by atoms with Crippen LogP contribution in [0.2, 0.25) is 0 Å². The Morgan fingerprint density at radius 1 is 0.964 bits per heavy atom. The Labute approximate surface area is 158 Å². The number of carbonyl (C=O) groups is 1. The number of hydrogen-bond acceptors (Lipinski definition) is 2. The molecule has 0 heterocycles. The maximum atomic E-state index is 14.9. The third-order valence-electron chi connectivity index (χ3n) is 4.54. The Bertz CT molecular complexity index is 943. The first kappa shape index (κ1) is 20.0. The number of carbonyl (C=O) groups excluding carboxylic acids is 1. The van der Waals surface area contributed by atoms with Crippen molar-refractivity contribution in [3.05, 3.63) is 64.2 Å². The second-order valence-corrected chi connectivity index (χ2v) is 6.56. The van der Waals surface area contributed by atoms with Gasteiger partial charge >= 0.3 is 5.97 Å². The lowest BCUT2D eigenvalue weighted by molar-refractivity contribution is -0.139. The van der Waals surface area contributed by atoms with Crippen LogP contribution in [0.1, 0.15) is 43.7 Å². The Morgan fingerprint density at radius 2 is 1.64 bits per heavy atom. The van der Waals surface area contributed by atoms with Crippen molar-refractivity contribution in [3.8, 4) is 11.1 Å². The molecule has 148 valence electrons. The highest BCUT2D eigenvalue weighted by Gasteiger charge is 2.24. The molecule has 0 amide bonds. The Kier molecular flexibility index (Phi) is 5.82. The van der Waals surface area contributed by atoms with Gasteiger partial charge in [-0.1, -0.05) is 13.3 Å². The highest BCUT2D eigenvalue weighted by Crippen LogP contribution is 2.36. The molecule has 0 bridgehead atoms. The van der Waals surface area contributed by atoms with Crippen molar-refractivity contribution < 1.29 is 31.5 Å². The monoisotopic (exact) mass is 396 g/mol. The van der Waals surface area contributed by atoms with E-state index in [0.29, 0.717) is 24.3 Å². The van der Waals surface area contributed by atoms with Crippen LogP contribution in [0.5, 0.6) is 0 Å². The molecular weight excluding hydrogens is 379 g/mol. The van der Waals surface area contributed by atoms with Gasteiger partial charge in [-0.25, -0.2) is 22.0 Å². The largest absolute Gasteiger partial charge is 0.431 e. The summed E-state index contributed by atoms with van der Waals surface area (Å²) < 4.78 is 74.7. The minimum absolute atomic E-state index is 0.119. The minimum Gasteiger partial charge on any atom is -0.431 e. The summed E-state index contributed by atoms with van der Waals surface area (Å²) in [6.07, 6.45) is 3.49. The molecule has 0 aliphatic heterocycles. The average Bonchev–Trinajstić information content (AvgIpc) is 2.64. The number of halogens is 5. The number of rotatable bonds is 5. The molecule has 1 aliphatic rings. The molecule has 0 spiro atoms. The molecule has 28 heavy (non-hydrogen) atoms. The quantitative estimate of drug-likeness (QED) is 0.348. The van der Waals surface area contributed by atoms with E-state index in [4.69, 9.17) is 4.74 Å². The van der Waals surface area contributed by atoms with Crippen LogP contribution in [0.3, 0.4) is 0 Å². The van der Waals surface area contributed by atoms with Crippen LogP contribution in [0.15, 0.2) is 24.0 Å². The van der Waals surface area contributed by atoms with Crippen LogP contribution in [-0.4, -0.2) is 5.97 Å². The van der Waals surface area contributed by atoms with E-state index in [-0.39, 0.29) is 30.4 Å². The van der Waals surface area contributed by atoms with E-state index in [1.807, 2.05) is 6.92 Å². The lowest BCUT2D eigenvalue weighted by Crippen LogP contribution is -2.11. The van der Waals surface area contributed by atoms with Gasteiger partial charge in [0.05, 0.1) is 5.56 Å². The van der Waals surface area contributed by atoms with Gasteiger partial charge in [-0.05, 0) is 53.8 Å². The van der Waals surface area contributed by atoms with E-state index in [0.717, 1.165) is 12.5 Å². The topological polar surface area (TPSA) is 26.3 Å². The van der Waals surface area contributed by atoms with E-state index in [1.165, 1.54) is 6.08 Å². The van der Waals surface area contributed by atoms with Crippen molar-refractivity contribution in [1.82, 2.24) is 0 Å². The molecule has 3 rings (SSSR count). The molecule has 0 aromatic heterocycles. The number of unbranched alkanes of at least 4 members (excludes halogenated alkanes) is 1. The molecule has 0 saturated heterocycles. The fourth-order valence-corrected chi connectivity index (χ4v) is 3.12. The summed E-state index contributed by atoms with van der Waals surface area (Å²) >= 11 is 0. The Balaban J connectivity index is 1.97. The first-order chi connectivity index (χ1) is 13.3. The SMILES string of the molecule is CCCCC(=O)OC1=Cc2cc(F)c(-c3cc(F)c(F)c(F)c3)c(F)c2CC1. The van der Waals surface area contributed by atoms with Crippen LogP contribution in [0, 0.1) is 29.1 Å². The van der Waals surface area contributed by atoms with Crippen molar-refractivity contribution in [1.29, 1.82) is 0 Å². The normalized spacial score (nSPS) is 13.1. The molecule has 0 unspecified atom stereocenters. The van der Waals surface area contributed by atoms with Gasteiger partial charge in [-0.15, -0.1) is 0 Å². The summed E-state index contributed by atoms with van der Waals surface area (Å²) in [4.78, 5) is 11.7. The minimum atomic E-state index is -1.71. The van der Waals surface area contributed by atoms with Crippen molar-refractivity contribution in [2.24, 2.45) is 0 Å². The fourth-order valence-electron chi connectivity index (χ4n) is 3.12. The van der Waals surface area contributed by atoms with E-state index in [1.54, 1.807) is 0 Å². The molecule has 7 heteroatoms. The third kappa shape index (κ3) is 3.93. The van der Waals surface area contributed by atoms with Gasteiger partial charge in [0.15, 0.2) is 17.5 Å². The number of hydrogen-bond donors (Lipinski definition) is 0. The molecule has 2 aromatic rings. The number of benzene rings is 2. The van der Waals surface area contributed by atoms with Crippen molar-refractivity contribution in [3.63, 3.8) is 0 Å². The number of allylic oxidation sites excluding steroid dienone is 1. The summed E-state index contributed by atoms with van der Waals surface area (Å²) in [7, 11) is 0. The van der Waals surface area contributed by atoms with E-state index >= 15 is 0 Å². The van der Waals surface area contributed by atoms with Crippen LogP contribution in [0.25, 0.3) is 17.2 Å². The summed E-state index contributed by atoms with van der Waals surface area (Å²) in [5.74, 6) is -6.92. The second kappa shape index (κ2) is 8.12. The Morgan fingerprint density at radius 3 is 2.29 bits per heavy atom. The van der Waals surface area contributed by atoms with Gasteiger partial charge in [0.1, 0.15) is 17.4 Å². The maximum absolute atomic E-state index is 14.9. The highest BCUT2D eigenvalue weighted by molar-refractivity contribution is 5.74. The maximum Gasteiger partial charge on any atom is 0.310 e. The van der Waals surface area contributed by atoms with Gasteiger partial charge < -0.3 is 4.74 Å². The zero-order valence-corrected chi connectivity index (χ0v) is 15.1. The van der Waals surface area contributed by atoms with Crippen LogP contribution in [0.4, 0.5) is 22.0 Å². The molecule has 2 aromatic carbocycles. The van der Waals surface area contributed by atoms with Gasteiger partial charge in [-0.3, -0.25) is 4.79 Å². The van der Waals surface area contributed by atoms with Gasteiger partial charge in [0.25, 0.3) is 0 Å². The zero-order chi connectivity index (χ0) is 20.4. The number of ether oxygens (including phenoxy) is 1. The second-order valence-electron chi connectivity index (χ2n) is 6.56. The van der Waals surface area contributed by atoms with E-state index < -0.39 is 46.2 Å². The molecule has 0 atom stereocenters. The predicted molar refractivity (Wildman–Crippen MR) is 93.6 cm³/mol. The van der Waals surface area contributed by atoms with Crippen LogP contribution < -0.4 is 0 Å². The zero-order valence-electron chi connectivity index (χ0n) is 15.1. The average molecular weight is 396 g/mol. The van der Waals surface area contributed by atoms with Gasteiger partial charge in [0.2, 0.25) is 0 Å². The Hall–Kier alpha value is -2.70. The van der Waals surface area contributed by atoms with E-state index in [2.05, 4.69) is 0 Å². The van der Waals surface area contributed by atoms with Crippen molar-refractivity contribution in [2.75, 3.05) is 0 Å². The number of fused-ring (bicyclic) bond motifs is 1. The lowest BCUT2D eigenvalue weighted by atomic mass is 9.91. The first-order valence-corrected chi connectivity index (χ1v) is 8.88. The van der Waals surface area contributed by atoms with Crippen molar-refractivity contribution >= 4 is 12.0 Å². The standard InChI is InChI=1S/C21H17F5O2/c1-2-3-4-18(27)28-13-5-6-14-11(7-13)8-15(22)19(20(14)25)12-9-16(23)21(26)17(24)10-12/h7-10H,2-6H2,1H3. The molecule has 0 saturated carbocycles. The molecule has 1 aliphatic carbocycles. The smallest absolute Gasteiger partial charge is 0.310 e. The van der Waals surface area contributed by atoms with Crippen molar-refractivity contribution in [2.45, 2.75) is 39.0 Å². The molecule has 2 nitrogen and oxygen atoms in total. The highest BCUT2D eigenvalue weighted by atomic mass is 19.2. The first-order valence-electron chi connectivity index (χ1n) is 8.88. The van der Waals surface area contributed by atoms with Gasteiger partial charge in [0, 0.05) is 12.8 Å². The van der Waals surface area contributed by atoms with Gasteiger partial charge in [-0.2, -0.15) is 0 Å². The fraction of sp³-hybridized carbons (Fsp3) is 0.286. The van der Waals surface area contributed by atoms with Crippen LogP contribution >= 0.6 is 0 Å².